The average Bonchev–Trinajstić information content (AvgIpc) is 3.85. The maximum atomic E-state index is 2.52. The smallest absolute Gasteiger partial charge is 0.0754 e. The van der Waals surface area contributed by atoms with Gasteiger partial charge >= 0.3 is 0 Å². The molecule has 0 radical (unpaired) electrons. The van der Waals surface area contributed by atoms with Crippen molar-refractivity contribution in [1.82, 2.24) is 4.57 Å². The summed E-state index contributed by atoms with van der Waals surface area (Å²) in [6.07, 6.45) is 0. The van der Waals surface area contributed by atoms with Crippen LogP contribution >= 0.6 is 0 Å². The maximum absolute atomic E-state index is 2.52. The number of hydrogen-bond acceptors (Lipinski definition) is 1. The Morgan fingerprint density at radius 1 is 0.302 bits per heavy atom. The first-order valence-corrected chi connectivity index (χ1v) is 21.9. The van der Waals surface area contributed by atoms with Crippen molar-refractivity contribution in [3.05, 3.63) is 253 Å². The lowest BCUT2D eigenvalue weighted by molar-refractivity contribution is 0.748. The first-order chi connectivity index (χ1) is 31.3. The number of anilines is 3. The van der Waals surface area contributed by atoms with Gasteiger partial charge in [-0.15, -0.1) is 0 Å². The van der Waals surface area contributed by atoms with E-state index in [9.17, 15) is 0 Å². The van der Waals surface area contributed by atoms with E-state index < -0.39 is 5.41 Å². The van der Waals surface area contributed by atoms with Gasteiger partial charge in [0.2, 0.25) is 0 Å². The van der Waals surface area contributed by atoms with Gasteiger partial charge in [-0.1, -0.05) is 182 Å². The molecule has 292 valence electrons. The van der Waals surface area contributed by atoms with Gasteiger partial charge in [-0.2, -0.15) is 0 Å². The van der Waals surface area contributed by atoms with Gasteiger partial charge in [-0.05, 0) is 125 Å². The van der Waals surface area contributed by atoms with E-state index in [4.69, 9.17) is 0 Å². The molecular weight excluding hydrogens is 761 g/mol. The number of hydrogen-bond donors (Lipinski definition) is 0. The first-order valence-electron chi connectivity index (χ1n) is 21.9. The lowest BCUT2D eigenvalue weighted by Gasteiger charge is -2.39. The lowest BCUT2D eigenvalue weighted by Crippen LogP contribution is -2.33. The molecule has 1 spiro atoms. The molecule has 12 aromatic rings. The Morgan fingerprint density at radius 3 is 1.60 bits per heavy atom. The SMILES string of the molecule is c1ccc(-c2ccc(N(c3ccc4c(c3)-c3ccccc3C43c4ccccc4-n4c5ccccc5c5cccc3c54)c3ccc4c5ccccc5c5ccccc5c4c3)cc2)cc1. The number of nitrogens with zero attached hydrogens (tertiary/aromatic N) is 2. The van der Waals surface area contributed by atoms with E-state index in [2.05, 4.69) is 240 Å². The van der Waals surface area contributed by atoms with Gasteiger partial charge < -0.3 is 9.47 Å². The summed E-state index contributed by atoms with van der Waals surface area (Å²) < 4.78 is 2.52. The van der Waals surface area contributed by atoms with Crippen LogP contribution in [0.2, 0.25) is 0 Å². The summed E-state index contributed by atoms with van der Waals surface area (Å²) in [5.41, 5.74) is 16.9. The molecule has 0 N–H and O–H groups in total. The Kier molecular flexibility index (Phi) is 7.07. The summed E-state index contributed by atoms with van der Waals surface area (Å²) in [7, 11) is 0. The Bertz CT molecular complexity index is 3820. The minimum atomic E-state index is -0.504. The Morgan fingerprint density at radius 2 is 0.825 bits per heavy atom. The third-order valence-electron chi connectivity index (χ3n) is 14.2. The first kappa shape index (κ1) is 34.5. The molecule has 0 amide bonds. The fourth-order valence-electron chi connectivity index (χ4n) is 11.6. The second kappa shape index (κ2) is 12.9. The Balaban J connectivity index is 1.03. The van der Waals surface area contributed by atoms with Crippen LogP contribution in [0.15, 0.2) is 231 Å². The highest BCUT2D eigenvalue weighted by molar-refractivity contribution is 6.26. The third-order valence-corrected chi connectivity index (χ3v) is 14.2. The normalized spacial score (nSPS) is 14.7. The van der Waals surface area contributed by atoms with E-state index >= 15 is 0 Å². The molecule has 2 heteroatoms. The summed E-state index contributed by atoms with van der Waals surface area (Å²) in [4.78, 5) is 2.46. The molecule has 14 rings (SSSR count). The maximum Gasteiger partial charge on any atom is 0.0754 e. The fraction of sp³-hybridized carbons (Fsp3) is 0.0164. The molecule has 63 heavy (non-hydrogen) atoms. The predicted molar refractivity (Wildman–Crippen MR) is 264 cm³/mol. The quantitative estimate of drug-likeness (QED) is 0.161. The van der Waals surface area contributed by atoms with Gasteiger partial charge in [0.25, 0.3) is 0 Å². The monoisotopic (exact) mass is 798 g/mol. The Labute approximate surface area is 365 Å². The van der Waals surface area contributed by atoms with Crippen LogP contribution in [0.3, 0.4) is 0 Å². The third kappa shape index (κ3) is 4.62. The molecule has 1 unspecified atom stereocenters. The topological polar surface area (TPSA) is 8.17 Å². The number of benzene rings is 11. The summed E-state index contributed by atoms with van der Waals surface area (Å²) in [5.74, 6) is 0. The van der Waals surface area contributed by atoms with Gasteiger partial charge in [-0.25, -0.2) is 0 Å². The fourth-order valence-corrected chi connectivity index (χ4v) is 11.6. The van der Waals surface area contributed by atoms with Crippen LogP contribution in [0.4, 0.5) is 17.1 Å². The zero-order valence-corrected chi connectivity index (χ0v) is 34.3. The molecule has 1 atom stereocenters. The minimum absolute atomic E-state index is 0.504. The lowest BCUT2D eigenvalue weighted by atomic mass is 9.65. The molecule has 1 aliphatic carbocycles. The summed E-state index contributed by atoms with van der Waals surface area (Å²) in [6.45, 7) is 0. The van der Waals surface area contributed by atoms with E-state index in [1.165, 1.54) is 104 Å². The number of aromatic nitrogens is 1. The van der Waals surface area contributed by atoms with E-state index in [0.717, 1.165) is 17.1 Å². The van der Waals surface area contributed by atoms with E-state index in [1.807, 2.05) is 0 Å². The zero-order chi connectivity index (χ0) is 41.2. The van der Waals surface area contributed by atoms with Crippen LogP contribution in [0.5, 0.6) is 0 Å². The van der Waals surface area contributed by atoms with Crippen molar-refractivity contribution in [2.24, 2.45) is 0 Å². The predicted octanol–water partition coefficient (Wildman–Crippen LogP) is 16.1. The molecule has 1 aliphatic heterocycles. The molecule has 0 bridgehead atoms. The molecule has 2 heterocycles. The van der Waals surface area contributed by atoms with E-state index in [-0.39, 0.29) is 0 Å². The highest BCUT2D eigenvalue weighted by Gasteiger charge is 2.50. The van der Waals surface area contributed by atoms with Crippen LogP contribution < -0.4 is 4.90 Å². The minimum Gasteiger partial charge on any atom is -0.310 e. The van der Waals surface area contributed by atoms with Gasteiger partial charge in [0.15, 0.2) is 0 Å². The van der Waals surface area contributed by atoms with Crippen LogP contribution in [0, 0.1) is 0 Å². The van der Waals surface area contributed by atoms with Gasteiger partial charge in [0.1, 0.15) is 0 Å². The Hall–Kier alpha value is -8.20. The van der Waals surface area contributed by atoms with Crippen LogP contribution in [0.1, 0.15) is 22.3 Å². The second-order valence-electron chi connectivity index (χ2n) is 17.2. The molecular formula is C61H38N2. The summed E-state index contributed by atoms with van der Waals surface area (Å²) >= 11 is 0. The van der Waals surface area contributed by atoms with Crippen molar-refractivity contribution in [3.63, 3.8) is 0 Å². The molecule has 1 aromatic heterocycles. The van der Waals surface area contributed by atoms with Crippen LogP contribution in [-0.2, 0) is 5.41 Å². The molecule has 0 saturated carbocycles. The average molecular weight is 799 g/mol. The van der Waals surface area contributed by atoms with Crippen molar-refractivity contribution in [2.45, 2.75) is 5.41 Å². The van der Waals surface area contributed by atoms with E-state index in [1.54, 1.807) is 0 Å². The highest BCUT2D eigenvalue weighted by atomic mass is 15.1. The zero-order valence-electron chi connectivity index (χ0n) is 34.3. The number of para-hydroxylation sites is 3. The molecule has 0 saturated heterocycles. The van der Waals surface area contributed by atoms with Gasteiger partial charge in [0.05, 0.1) is 22.1 Å². The number of fused-ring (bicyclic) bond motifs is 18. The standard InChI is InChI=1S/C61H38N2/c1-2-15-39(16-3-1)40-29-31-41(32-30-40)62(42-33-35-48-46-19-5-4-17-44(46)45-18-6-7-20-47(45)52(48)37-42)43-34-36-55-53(38-43)49-21-8-10-24-54(49)61(55)56-25-11-13-28-59(56)63-58-27-12-9-22-50(58)51-23-14-26-57(61)60(51)63/h1-38H. The van der Waals surface area contributed by atoms with Gasteiger partial charge in [-0.3, -0.25) is 0 Å². The van der Waals surface area contributed by atoms with Crippen molar-refractivity contribution < 1.29 is 0 Å². The van der Waals surface area contributed by atoms with Crippen molar-refractivity contribution in [3.8, 4) is 27.9 Å². The summed E-state index contributed by atoms with van der Waals surface area (Å²) in [6, 6.07) is 85.9. The van der Waals surface area contributed by atoms with E-state index in [0.29, 0.717) is 0 Å². The second-order valence-corrected chi connectivity index (χ2v) is 17.2. The molecule has 2 nitrogen and oxygen atoms in total. The molecule has 2 aliphatic rings. The van der Waals surface area contributed by atoms with Crippen LogP contribution in [0.25, 0.3) is 82.1 Å². The molecule has 11 aromatic carbocycles. The largest absolute Gasteiger partial charge is 0.310 e. The van der Waals surface area contributed by atoms with Crippen molar-refractivity contribution in [1.29, 1.82) is 0 Å². The van der Waals surface area contributed by atoms with Gasteiger partial charge in [0, 0.05) is 27.8 Å². The van der Waals surface area contributed by atoms with Crippen molar-refractivity contribution >= 4 is 71.2 Å². The molecule has 0 fully saturated rings. The van der Waals surface area contributed by atoms with Crippen molar-refractivity contribution in [2.75, 3.05) is 4.90 Å². The number of rotatable bonds is 4. The summed E-state index contributed by atoms with van der Waals surface area (Å²) in [5, 5.41) is 10.2. The van der Waals surface area contributed by atoms with Crippen LogP contribution in [-0.4, -0.2) is 4.57 Å². The highest BCUT2D eigenvalue weighted by Crippen LogP contribution is 2.61.